The lowest BCUT2D eigenvalue weighted by molar-refractivity contribution is -0.159. The van der Waals surface area contributed by atoms with Crippen LogP contribution in [0.25, 0.3) is 0 Å². The highest BCUT2D eigenvalue weighted by Gasteiger charge is 2.41. The first-order chi connectivity index (χ1) is 15.8. The van der Waals surface area contributed by atoms with Crippen molar-refractivity contribution < 1.29 is 19.2 Å². The number of benzene rings is 2. The summed E-state index contributed by atoms with van der Waals surface area (Å²) in [6.45, 7) is 13.4. The molecule has 3 rings (SSSR count). The van der Waals surface area contributed by atoms with E-state index in [-0.39, 0.29) is 5.91 Å². The maximum atomic E-state index is 13.4. The lowest BCUT2D eigenvalue weighted by atomic mass is 10.1. The van der Waals surface area contributed by atoms with Gasteiger partial charge in [0.25, 0.3) is 11.8 Å². The molecule has 2 aromatic rings. The van der Waals surface area contributed by atoms with Gasteiger partial charge in [-0.05, 0) is 78.3 Å². The summed E-state index contributed by atoms with van der Waals surface area (Å²) >= 11 is 0. The molecule has 0 radical (unpaired) electrons. The monoisotopic (exact) mass is 462 g/mol. The summed E-state index contributed by atoms with van der Waals surface area (Å²) in [5, 5.41) is 0. The second-order valence-electron chi connectivity index (χ2n) is 10.5. The van der Waals surface area contributed by atoms with E-state index in [4.69, 9.17) is 9.57 Å². The van der Waals surface area contributed by atoms with Crippen molar-refractivity contribution in [3.63, 3.8) is 0 Å². The Morgan fingerprint density at radius 3 is 2.24 bits per heavy atom. The van der Waals surface area contributed by atoms with Crippen LogP contribution in [0, 0.1) is 11.8 Å². The maximum Gasteiger partial charge on any atom is 0.269 e. The first kappa shape index (κ1) is 25.5. The van der Waals surface area contributed by atoms with E-state index >= 15 is 0 Å². The van der Waals surface area contributed by atoms with E-state index in [2.05, 4.69) is 17.3 Å². The highest BCUT2D eigenvalue weighted by atomic mass is 16.7. The summed E-state index contributed by atoms with van der Waals surface area (Å²) in [4.78, 5) is 33.7. The van der Waals surface area contributed by atoms with Gasteiger partial charge in [-0.1, -0.05) is 36.1 Å². The Balaban J connectivity index is 1.86. The molecule has 0 fully saturated rings. The molecule has 0 saturated carbocycles. The minimum absolute atomic E-state index is 0.223. The summed E-state index contributed by atoms with van der Waals surface area (Å²) in [5.41, 5.74) is 4.52. The van der Waals surface area contributed by atoms with Crippen molar-refractivity contribution in [1.29, 1.82) is 0 Å². The SMILES string of the molecule is C[C@@H](OC(C)(C)C)[C@@H](C(=O)NOC(C)(C)C)N1Cc2ccc(C#Cc3ccccc3)cc2C1=O. The van der Waals surface area contributed by atoms with Crippen LogP contribution >= 0.6 is 0 Å². The van der Waals surface area contributed by atoms with Gasteiger partial charge in [-0.2, -0.15) is 0 Å². The molecule has 2 aromatic carbocycles. The number of hydrogen-bond donors (Lipinski definition) is 1. The molecule has 2 atom stereocenters. The number of hydrogen-bond acceptors (Lipinski definition) is 4. The molecule has 0 aliphatic carbocycles. The van der Waals surface area contributed by atoms with Crippen LogP contribution in [0.15, 0.2) is 48.5 Å². The van der Waals surface area contributed by atoms with Crippen LogP contribution in [0.1, 0.15) is 75.5 Å². The van der Waals surface area contributed by atoms with Crippen molar-refractivity contribution in [1.82, 2.24) is 10.4 Å². The Bertz CT molecular complexity index is 1100. The number of carbonyl (C=O) groups is 2. The first-order valence-electron chi connectivity index (χ1n) is 11.5. The van der Waals surface area contributed by atoms with Gasteiger partial charge in [0.2, 0.25) is 0 Å². The highest BCUT2D eigenvalue weighted by molar-refractivity contribution is 6.01. The number of fused-ring (bicyclic) bond motifs is 1. The minimum Gasteiger partial charge on any atom is -0.370 e. The van der Waals surface area contributed by atoms with E-state index < -0.39 is 29.3 Å². The zero-order valence-electron chi connectivity index (χ0n) is 21.1. The summed E-state index contributed by atoms with van der Waals surface area (Å²) in [7, 11) is 0. The molecular formula is C28H34N2O4. The lowest BCUT2D eigenvalue weighted by Gasteiger charge is -2.35. The fourth-order valence-corrected chi connectivity index (χ4v) is 3.79. The first-order valence-corrected chi connectivity index (χ1v) is 11.5. The van der Waals surface area contributed by atoms with E-state index in [0.29, 0.717) is 12.1 Å². The molecule has 0 bridgehead atoms. The summed E-state index contributed by atoms with van der Waals surface area (Å²) in [5.74, 6) is 5.60. The highest BCUT2D eigenvalue weighted by Crippen LogP contribution is 2.28. The van der Waals surface area contributed by atoms with Gasteiger partial charge in [-0.15, -0.1) is 0 Å². The molecule has 180 valence electrons. The molecule has 0 unspecified atom stereocenters. The van der Waals surface area contributed by atoms with Gasteiger partial charge >= 0.3 is 0 Å². The summed E-state index contributed by atoms with van der Waals surface area (Å²) in [6, 6.07) is 14.4. The minimum atomic E-state index is -0.861. The Morgan fingerprint density at radius 2 is 1.62 bits per heavy atom. The lowest BCUT2D eigenvalue weighted by Crippen LogP contribution is -2.55. The average Bonchev–Trinajstić information content (AvgIpc) is 3.05. The zero-order valence-corrected chi connectivity index (χ0v) is 21.1. The molecule has 0 spiro atoms. The molecule has 2 amide bonds. The predicted molar refractivity (Wildman–Crippen MR) is 132 cm³/mol. The van der Waals surface area contributed by atoms with Crippen LogP contribution in [-0.4, -0.2) is 40.1 Å². The van der Waals surface area contributed by atoms with Crippen LogP contribution in [0.4, 0.5) is 0 Å². The third-order valence-electron chi connectivity index (χ3n) is 5.11. The van der Waals surface area contributed by atoms with Crippen molar-refractivity contribution in [2.75, 3.05) is 0 Å². The van der Waals surface area contributed by atoms with Crippen LogP contribution in [-0.2, 0) is 20.9 Å². The number of nitrogens with one attached hydrogen (secondary N) is 1. The quantitative estimate of drug-likeness (QED) is 0.526. The van der Waals surface area contributed by atoms with E-state index in [9.17, 15) is 9.59 Å². The Kier molecular flexibility index (Phi) is 7.50. The third-order valence-corrected chi connectivity index (χ3v) is 5.11. The van der Waals surface area contributed by atoms with Crippen LogP contribution in [0.5, 0.6) is 0 Å². The Morgan fingerprint density at radius 1 is 0.971 bits per heavy atom. The fourth-order valence-electron chi connectivity index (χ4n) is 3.79. The predicted octanol–water partition coefficient (Wildman–Crippen LogP) is 4.46. The van der Waals surface area contributed by atoms with Crippen LogP contribution < -0.4 is 5.48 Å². The van der Waals surface area contributed by atoms with E-state index in [1.165, 1.54) is 0 Å². The average molecular weight is 463 g/mol. The Hall–Kier alpha value is -3.14. The zero-order chi connectivity index (χ0) is 25.1. The number of nitrogens with zero attached hydrogens (tertiary/aromatic N) is 1. The summed E-state index contributed by atoms with van der Waals surface area (Å²) < 4.78 is 6.09. The Labute approximate surface area is 202 Å². The topological polar surface area (TPSA) is 67.9 Å². The largest absolute Gasteiger partial charge is 0.370 e. The molecule has 1 aliphatic heterocycles. The van der Waals surface area contributed by atoms with Gasteiger partial charge in [0.05, 0.1) is 17.3 Å². The molecule has 0 aromatic heterocycles. The molecule has 1 aliphatic rings. The van der Waals surface area contributed by atoms with Crippen LogP contribution in [0.2, 0.25) is 0 Å². The third kappa shape index (κ3) is 6.69. The maximum absolute atomic E-state index is 13.4. The van der Waals surface area contributed by atoms with Crippen molar-refractivity contribution in [3.05, 3.63) is 70.8 Å². The van der Waals surface area contributed by atoms with Gasteiger partial charge < -0.3 is 9.64 Å². The fraction of sp³-hybridized carbons (Fsp3) is 0.429. The van der Waals surface area contributed by atoms with Crippen molar-refractivity contribution in [2.24, 2.45) is 0 Å². The number of hydroxylamine groups is 1. The standard InChI is InChI=1S/C28H34N2O4/c1-19(33-27(2,3)4)24(25(31)29-34-28(5,6)7)30-18-22-16-15-21(17-23(22)26(30)32)14-13-20-11-9-8-10-12-20/h8-12,15-17,19,24H,18H2,1-7H3,(H,29,31)/t19-,24+/m1/s1. The van der Waals surface area contributed by atoms with E-state index in [1.54, 1.807) is 17.9 Å². The van der Waals surface area contributed by atoms with Gasteiger partial charge in [0.1, 0.15) is 6.04 Å². The van der Waals surface area contributed by atoms with Crippen molar-refractivity contribution >= 4 is 11.8 Å². The van der Waals surface area contributed by atoms with Crippen molar-refractivity contribution in [3.8, 4) is 11.8 Å². The molecule has 34 heavy (non-hydrogen) atoms. The van der Waals surface area contributed by atoms with Gasteiger partial charge in [-0.3, -0.25) is 14.4 Å². The normalized spacial score (nSPS) is 15.3. The number of carbonyl (C=O) groups excluding carboxylic acids is 2. The summed E-state index contributed by atoms with van der Waals surface area (Å²) in [6.07, 6.45) is -0.556. The second-order valence-corrected chi connectivity index (χ2v) is 10.5. The van der Waals surface area contributed by atoms with Gasteiger partial charge in [0.15, 0.2) is 0 Å². The van der Waals surface area contributed by atoms with E-state index in [0.717, 1.165) is 16.7 Å². The van der Waals surface area contributed by atoms with Gasteiger partial charge in [-0.25, -0.2) is 5.48 Å². The number of rotatable bonds is 5. The van der Waals surface area contributed by atoms with E-state index in [1.807, 2.05) is 84.0 Å². The second kappa shape index (κ2) is 10.0. The number of amides is 2. The molecule has 6 heteroatoms. The molecule has 1 N–H and O–H groups in total. The van der Waals surface area contributed by atoms with Crippen molar-refractivity contribution in [2.45, 2.75) is 78.4 Å². The molecule has 6 nitrogen and oxygen atoms in total. The number of ether oxygens (including phenoxy) is 1. The molecular weight excluding hydrogens is 428 g/mol. The smallest absolute Gasteiger partial charge is 0.269 e. The van der Waals surface area contributed by atoms with Gasteiger partial charge in [0, 0.05) is 23.2 Å². The van der Waals surface area contributed by atoms with Crippen LogP contribution in [0.3, 0.4) is 0 Å². The molecule has 1 heterocycles. The molecule has 0 saturated heterocycles.